The van der Waals surface area contributed by atoms with Gasteiger partial charge < -0.3 is 15.2 Å². The predicted molar refractivity (Wildman–Crippen MR) is 60.4 cm³/mol. The van der Waals surface area contributed by atoms with Crippen LogP contribution in [-0.4, -0.2) is 35.9 Å². The quantitative estimate of drug-likeness (QED) is 0.748. The number of hydrogen-bond acceptors (Lipinski definition) is 3. The van der Waals surface area contributed by atoms with Crippen LogP contribution >= 0.6 is 0 Å². The van der Waals surface area contributed by atoms with Crippen molar-refractivity contribution >= 4 is 5.97 Å². The van der Waals surface area contributed by atoms with Crippen LogP contribution in [0.3, 0.4) is 0 Å². The molecule has 3 unspecified atom stereocenters. The van der Waals surface area contributed by atoms with Crippen molar-refractivity contribution in [1.29, 1.82) is 0 Å². The molecule has 1 aliphatic heterocycles. The van der Waals surface area contributed by atoms with E-state index in [9.17, 15) is 4.79 Å². The zero-order valence-electron chi connectivity index (χ0n) is 9.87. The number of rotatable bonds is 2. The summed E-state index contributed by atoms with van der Waals surface area (Å²) in [7, 11) is 0. The topological polar surface area (TPSA) is 58.6 Å². The molecule has 2 N–H and O–H groups in total. The molecule has 1 heterocycles. The monoisotopic (exact) mass is 227 g/mol. The molecule has 1 saturated heterocycles. The highest BCUT2D eigenvalue weighted by Crippen LogP contribution is 2.37. The number of carbonyl (C=O) groups is 1. The summed E-state index contributed by atoms with van der Waals surface area (Å²) in [5.41, 5.74) is -0.0873. The average molecular weight is 227 g/mol. The summed E-state index contributed by atoms with van der Waals surface area (Å²) in [6.45, 7) is 3.81. The molecule has 2 aliphatic rings. The lowest BCUT2D eigenvalue weighted by Crippen LogP contribution is -2.56. The van der Waals surface area contributed by atoms with Crippen LogP contribution < -0.4 is 5.32 Å². The number of morpholine rings is 1. The van der Waals surface area contributed by atoms with Crippen LogP contribution in [0.5, 0.6) is 0 Å². The highest BCUT2D eigenvalue weighted by Gasteiger charge is 2.40. The third kappa shape index (κ3) is 2.74. The lowest BCUT2D eigenvalue weighted by molar-refractivity contribution is -0.159. The molecule has 1 spiro atoms. The Labute approximate surface area is 96.4 Å². The number of aliphatic carboxylic acids is 1. The fraction of sp³-hybridized carbons (Fsp3) is 0.917. The minimum Gasteiger partial charge on any atom is -0.481 e. The highest BCUT2D eigenvalue weighted by molar-refractivity contribution is 5.67. The number of ether oxygens (including phenoxy) is 1. The van der Waals surface area contributed by atoms with E-state index < -0.39 is 5.97 Å². The molecule has 4 nitrogen and oxygen atoms in total. The molecular weight excluding hydrogens is 206 g/mol. The van der Waals surface area contributed by atoms with Gasteiger partial charge in [-0.1, -0.05) is 19.8 Å². The van der Waals surface area contributed by atoms with Gasteiger partial charge in [0.05, 0.1) is 18.1 Å². The number of carboxylic acids is 1. The van der Waals surface area contributed by atoms with Crippen molar-refractivity contribution in [3.05, 3.63) is 0 Å². The van der Waals surface area contributed by atoms with E-state index in [1.165, 1.54) is 12.8 Å². The maximum Gasteiger partial charge on any atom is 0.306 e. The molecule has 0 radical (unpaired) electrons. The van der Waals surface area contributed by atoms with Gasteiger partial charge in [-0.15, -0.1) is 0 Å². The molecule has 1 saturated carbocycles. The molecule has 0 aromatic carbocycles. The second-order valence-corrected chi connectivity index (χ2v) is 5.35. The summed E-state index contributed by atoms with van der Waals surface area (Å²) in [5, 5.41) is 12.1. The molecule has 0 aromatic rings. The van der Waals surface area contributed by atoms with E-state index in [0.29, 0.717) is 12.5 Å². The summed E-state index contributed by atoms with van der Waals surface area (Å²) in [5.74, 6) is -0.0770. The zero-order chi connectivity index (χ0) is 11.6. The van der Waals surface area contributed by atoms with Gasteiger partial charge >= 0.3 is 5.97 Å². The summed E-state index contributed by atoms with van der Waals surface area (Å²) in [4.78, 5) is 10.7. The summed E-state index contributed by atoms with van der Waals surface area (Å²) in [6.07, 6.45) is 4.56. The van der Waals surface area contributed by atoms with Crippen LogP contribution in [-0.2, 0) is 9.53 Å². The minimum absolute atomic E-state index is 0.0873. The predicted octanol–water partition coefficient (Wildman–Crippen LogP) is 1.40. The Kier molecular flexibility index (Phi) is 3.50. The normalized spacial score (nSPS) is 39.8. The lowest BCUT2D eigenvalue weighted by Gasteiger charge is -2.45. The number of hydrogen-bond donors (Lipinski definition) is 2. The first kappa shape index (κ1) is 11.9. The van der Waals surface area contributed by atoms with E-state index in [0.717, 1.165) is 19.4 Å². The highest BCUT2D eigenvalue weighted by atomic mass is 16.5. The lowest BCUT2D eigenvalue weighted by atomic mass is 9.78. The molecule has 16 heavy (non-hydrogen) atoms. The Balaban J connectivity index is 1.96. The fourth-order valence-corrected chi connectivity index (χ4v) is 3.09. The second-order valence-electron chi connectivity index (χ2n) is 5.35. The molecule has 2 fully saturated rings. The van der Waals surface area contributed by atoms with E-state index in [1.807, 2.05) is 0 Å². The van der Waals surface area contributed by atoms with Gasteiger partial charge in [-0.05, 0) is 18.8 Å². The number of carboxylic acid groups (broad SMARTS) is 1. The third-order valence-electron chi connectivity index (χ3n) is 3.69. The summed E-state index contributed by atoms with van der Waals surface area (Å²) in [6, 6.07) is 0. The van der Waals surface area contributed by atoms with Gasteiger partial charge in [0.15, 0.2) is 0 Å². The molecule has 0 bridgehead atoms. The Morgan fingerprint density at radius 2 is 2.44 bits per heavy atom. The third-order valence-corrected chi connectivity index (χ3v) is 3.69. The minimum atomic E-state index is -0.771. The van der Waals surface area contributed by atoms with Gasteiger partial charge in [0.2, 0.25) is 0 Å². The van der Waals surface area contributed by atoms with Crippen molar-refractivity contribution in [3.8, 4) is 0 Å². The van der Waals surface area contributed by atoms with Crippen molar-refractivity contribution in [1.82, 2.24) is 5.32 Å². The smallest absolute Gasteiger partial charge is 0.306 e. The van der Waals surface area contributed by atoms with Gasteiger partial charge in [0, 0.05) is 13.1 Å². The van der Waals surface area contributed by atoms with Crippen molar-refractivity contribution in [2.24, 2.45) is 5.92 Å². The van der Waals surface area contributed by atoms with Crippen LogP contribution in [0.15, 0.2) is 0 Å². The maximum absolute atomic E-state index is 10.7. The first-order valence-corrected chi connectivity index (χ1v) is 6.20. The molecule has 2 rings (SSSR count). The van der Waals surface area contributed by atoms with Crippen LogP contribution in [0.4, 0.5) is 0 Å². The molecule has 1 aliphatic carbocycles. The molecule has 0 amide bonds. The van der Waals surface area contributed by atoms with Crippen LogP contribution in [0.2, 0.25) is 0 Å². The van der Waals surface area contributed by atoms with Crippen molar-refractivity contribution < 1.29 is 14.6 Å². The number of nitrogens with one attached hydrogen (secondary N) is 1. The Morgan fingerprint density at radius 1 is 1.62 bits per heavy atom. The standard InChI is InChI=1S/C12H21NO3/c1-9-3-2-4-12(6-9)8-13-7-10(16-12)5-11(14)15/h9-10,13H,2-8H2,1H3,(H,14,15). The van der Waals surface area contributed by atoms with Gasteiger partial charge in [-0.2, -0.15) is 0 Å². The van der Waals surface area contributed by atoms with Crippen LogP contribution in [0.25, 0.3) is 0 Å². The molecule has 4 heteroatoms. The van der Waals surface area contributed by atoms with Gasteiger partial charge in [0.1, 0.15) is 0 Å². The van der Waals surface area contributed by atoms with E-state index >= 15 is 0 Å². The van der Waals surface area contributed by atoms with E-state index in [1.54, 1.807) is 0 Å². The Hall–Kier alpha value is -0.610. The fourth-order valence-electron chi connectivity index (χ4n) is 3.09. The van der Waals surface area contributed by atoms with Crippen LogP contribution in [0.1, 0.15) is 39.0 Å². The summed E-state index contributed by atoms with van der Waals surface area (Å²) >= 11 is 0. The van der Waals surface area contributed by atoms with Crippen molar-refractivity contribution in [2.75, 3.05) is 13.1 Å². The SMILES string of the molecule is CC1CCCC2(CNCC(CC(=O)O)O2)C1. The molecular formula is C12H21NO3. The van der Waals surface area contributed by atoms with Gasteiger partial charge in [0.25, 0.3) is 0 Å². The van der Waals surface area contributed by atoms with Gasteiger partial charge in [-0.25, -0.2) is 0 Å². The molecule has 3 atom stereocenters. The van der Waals surface area contributed by atoms with E-state index in [-0.39, 0.29) is 18.1 Å². The Morgan fingerprint density at radius 3 is 3.12 bits per heavy atom. The zero-order valence-corrected chi connectivity index (χ0v) is 9.87. The first-order chi connectivity index (χ1) is 7.60. The molecule has 92 valence electrons. The van der Waals surface area contributed by atoms with Gasteiger partial charge in [-0.3, -0.25) is 4.79 Å². The van der Waals surface area contributed by atoms with Crippen molar-refractivity contribution in [2.45, 2.75) is 50.7 Å². The average Bonchev–Trinajstić information content (AvgIpc) is 2.15. The summed E-state index contributed by atoms with van der Waals surface area (Å²) < 4.78 is 6.05. The Bertz CT molecular complexity index is 265. The van der Waals surface area contributed by atoms with Crippen LogP contribution in [0, 0.1) is 5.92 Å². The molecule has 0 aromatic heterocycles. The van der Waals surface area contributed by atoms with Crippen molar-refractivity contribution in [3.63, 3.8) is 0 Å². The van der Waals surface area contributed by atoms with E-state index in [4.69, 9.17) is 9.84 Å². The maximum atomic E-state index is 10.7. The largest absolute Gasteiger partial charge is 0.481 e. The second kappa shape index (κ2) is 4.72. The first-order valence-electron chi connectivity index (χ1n) is 6.20. The van der Waals surface area contributed by atoms with E-state index in [2.05, 4.69) is 12.2 Å².